The molecule has 1 saturated heterocycles. The molecule has 2 aromatic heterocycles. The van der Waals surface area contributed by atoms with E-state index < -0.39 is 28.0 Å². The lowest BCUT2D eigenvalue weighted by molar-refractivity contribution is -0.147. The maximum atomic E-state index is 12.9. The van der Waals surface area contributed by atoms with E-state index >= 15 is 0 Å². The number of aromatic nitrogens is 1. The number of nitrogens with zero attached hydrogens (tertiary/aromatic N) is 2. The van der Waals surface area contributed by atoms with Crippen molar-refractivity contribution in [2.24, 2.45) is 5.92 Å². The molecule has 0 aromatic carbocycles. The van der Waals surface area contributed by atoms with Crippen LogP contribution in [0, 0.1) is 19.8 Å². The van der Waals surface area contributed by atoms with Gasteiger partial charge < -0.3 is 14.7 Å². The number of piperidine rings is 1. The van der Waals surface area contributed by atoms with Gasteiger partial charge in [-0.1, -0.05) is 5.16 Å². The van der Waals surface area contributed by atoms with Gasteiger partial charge in [-0.25, -0.2) is 8.42 Å². The second kappa shape index (κ2) is 6.52. The molecule has 0 spiro atoms. The number of aliphatic hydroxyl groups is 1. The minimum absolute atomic E-state index is 0.0579. The fourth-order valence-corrected chi connectivity index (χ4v) is 5.85. The van der Waals surface area contributed by atoms with Crippen molar-refractivity contribution in [1.82, 2.24) is 9.46 Å². The predicted molar refractivity (Wildman–Crippen MR) is 89.8 cm³/mol. The van der Waals surface area contributed by atoms with Crippen LogP contribution in [0.5, 0.6) is 0 Å². The largest absolute Gasteiger partial charge is 0.481 e. The third-order valence-corrected chi connectivity index (χ3v) is 7.41. The lowest BCUT2D eigenvalue weighted by Crippen LogP contribution is -2.48. The van der Waals surface area contributed by atoms with E-state index in [0.717, 1.165) is 4.31 Å². The van der Waals surface area contributed by atoms with E-state index in [4.69, 9.17) is 9.63 Å². The monoisotopic (exact) mass is 386 g/mol. The average molecular weight is 386 g/mol. The first-order chi connectivity index (χ1) is 11.7. The van der Waals surface area contributed by atoms with Gasteiger partial charge in [-0.05, 0) is 26.3 Å². The van der Waals surface area contributed by atoms with Gasteiger partial charge in [-0.15, -0.1) is 11.3 Å². The van der Waals surface area contributed by atoms with Crippen molar-refractivity contribution < 1.29 is 27.9 Å². The second-order valence-corrected chi connectivity index (χ2v) is 9.19. The molecular formula is C15H18N2O6S2. The van der Waals surface area contributed by atoms with Crippen molar-refractivity contribution >= 4 is 27.3 Å². The molecule has 3 rings (SSSR count). The van der Waals surface area contributed by atoms with E-state index in [0.29, 0.717) is 21.2 Å². The summed E-state index contributed by atoms with van der Waals surface area (Å²) >= 11 is 1.28. The quantitative estimate of drug-likeness (QED) is 0.816. The maximum Gasteiger partial charge on any atom is 0.309 e. The summed E-state index contributed by atoms with van der Waals surface area (Å²) < 4.78 is 32.1. The SMILES string of the molecule is Cc1cc(-c2cc(S(=O)(=O)N3CC[C@H](C(=O)O)[C@H](O)C3)c(C)s2)on1. The second-order valence-electron chi connectivity index (χ2n) is 6.03. The van der Waals surface area contributed by atoms with Crippen LogP contribution in [0.15, 0.2) is 21.6 Å². The summed E-state index contributed by atoms with van der Waals surface area (Å²) in [5.41, 5.74) is 0.698. The van der Waals surface area contributed by atoms with E-state index in [2.05, 4.69) is 5.16 Å². The lowest BCUT2D eigenvalue weighted by Gasteiger charge is -2.33. The highest BCUT2D eigenvalue weighted by Gasteiger charge is 2.39. The van der Waals surface area contributed by atoms with Crippen LogP contribution >= 0.6 is 11.3 Å². The number of sulfonamides is 1. The zero-order valence-electron chi connectivity index (χ0n) is 13.7. The first-order valence-corrected chi connectivity index (χ1v) is 9.91. The van der Waals surface area contributed by atoms with Crippen LogP contribution in [0.25, 0.3) is 10.6 Å². The Bertz CT molecular complexity index is 901. The number of aliphatic carboxylic acids is 1. The third-order valence-electron chi connectivity index (χ3n) is 4.22. The number of β-amino-alcohol motifs (C(OH)–C–C–N with tert-alkyl or cyclic N) is 1. The van der Waals surface area contributed by atoms with E-state index in [1.165, 1.54) is 17.4 Å². The zero-order valence-corrected chi connectivity index (χ0v) is 15.3. The Morgan fingerprint density at radius 1 is 1.40 bits per heavy atom. The van der Waals surface area contributed by atoms with E-state index in [-0.39, 0.29) is 24.4 Å². The maximum absolute atomic E-state index is 12.9. The molecule has 0 aliphatic carbocycles. The van der Waals surface area contributed by atoms with Crippen molar-refractivity contribution in [2.45, 2.75) is 31.3 Å². The van der Waals surface area contributed by atoms with E-state index in [1.807, 2.05) is 0 Å². The molecular weight excluding hydrogens is 368 g/mol. The Morgan fingerprint density at radius 3 is 2.68 bits per heavy atom. The summed E-state index contributed by atoms with van der Waals surface area (Å²) in [5, 5.41) is 22.8. The Balaban J connectivity index is 1.88. The molecule has 0 amide bonds. The van der Waals surface area contributed by atoms with E-state index in [9.17, 15) is 18.3 Å². The topological polar surface area (TPSA) is 121 Å². The van der Waals surface area contributed by atoms with Crippen LogP contribution < -0.4 is 0 Å². The molecule has 1 aliphatic heterocycles. The highest BCUT2D eigenvalue weighted by atomic mass is 32.2. The Kier molecular flexibility index (Phi) is 4.71. The number of aryl methyl sites for hydroxylation is 2. The summed E-state index contributed by atoms with van der Waals surface area (Å²) in [5.74, 6) is -1.56. The van der Waals surface area contributed by atoms with Crippen LogP contribution in [0.1, 0.15) is 17.0 Å². The zero-order chi connectivity index (χ0) is 18.4. The molecule has 3 heterocycles. The number of hydrogen-bond acceptors (Lipinski definition) is 7. The molecule has 10 heteroatoms. The van der Waals surface area contributed by atoms with Gasteiger partial charge in [0, 0.05) is 24.0 Å². The van der Waals surface area contributed by atoms with Gasteiger partial charge in [-0.3, -0.25) is 4.79 Å². The summed E-state index contributed by atoms with van der Waals surface area (Å²) in [6.45, 7) is 3.30. The van der Waals surface area contributed by atoms with Crippen LogP contribution in [-0.2, 0) is 14.8 Å². The number of thiophene rings is 1. The molecule has 0 unspecified atom stereocenters. The van der Waals surface area contributed by atoms with E-state index in [1.54, 1.807) is 19.9 Å². The summed E-state index contributed by atoms with van der Waals surface area (Å²) in [6.07, 6.45) is -1.15. The number of hydrogen-bond donors (Lipinski definition) is 2. The minimum atomic E-state index is -3.83. The number of aliphatic hydroxyl groups excluding tert-OH is 1. The van der Waals surface area contributed by atoms with Gasteiger partial charge in [0.2, 0.25) is 10.0 Å². The van der Waals surface area contributed by atoms with Gasteiger partial charge in [-0.2, -0.15) is 4.31 Å². The molecule has 136 valence electrons. The van der Waals surface area contributed by atoms with Gasteiger partial charge >= 0.3 is 5.97 Å². The molecule has 0 saturated carbocycles. The molecule has 1 fully saturated rings. The van der Waals surface area contributed by atoms with Gasteiger partial charge in [0.1, 0.15) is 0 Å². The van der Waals surface area contributed by atoms with Crippen molar-refractivity contribution in [1.29, 1.82) is 0 Å². The highest BCUT2D eigenvalue weighted by Crippen LogP contribution is 2.36. The Morgan fingerprint density at radius 2 is 2.12 bits per heavy atom. The molecule has 8 nitrogen and oxygen atoms in total. The van der Waals surface area contributed by atoms with Crippen molar-refractivity contribution in [2.75, 3.05) is 13.1 Å². The smallest absolute Gasteiger partial charge is 0.309 e. The van der Waals surface area contributed by atoms with Crippen molar-refractivity contribution in [3.63, 3.8) is 0 Å². The highest BCUT2D eigenvalue weighted by molar-refractivity contribution is 7.89. The standard InChI is InChI=1S/C15H18N2O6S2/c1-8-5-12(23-16-8)13-6-14(9(2)24-13)25(21,22)17-4-3-10(15(19)20)11(18)7-17/h5-6,10-11,18H,3-4,7H2,1-2H3,(H,19,20)/t10-,11+/m0/s1. The molecule has 2 atom stereocenters. The normalized spacial score (nSPS) is 22.2. The van der Waals surface area contributed by atoms with Crippen molar-refractivity contribution in [3.8, 4) is 10.6 Å². The molecule has 0 radical (unpaired) electrons. The lowest BCUT2D eigenvalue weighted by atomic mass is 9.95. The Hall–Kier alpha value is -1.75. The van der Waals surface area contributed by atoms with Crippen LogP contribution in [0.3, 0.4) is 0 Å². The number of carboxylic acids is 1. The molecule has 0 bridgehead atoms. The summed E-state index contributed by atoms with van der Waals surface area (Å²) in [4.78, 5) is 12.5. The molecule has 2 N–H and O–H groups in total. The average Bonchev–Trinajstić information content (AvgIpc) is 3.13. The summed E-state index contributed by atoms with van der Waals surface area (Å²) in [7, 11) is -3.83. The fourth-order valence-electron chi connectivity index (χ4n) is 2.87. The number of rotatable bonds is 4. The number of carbonyl (C=O) groups is 1. The summed E-state index contributed by atoms with van der Waals surface area (Å²) in [6, 6.07) is 3.26. The molecule has 1 aliphatic rings. The predicted octanol–water partition coefficient (Wildman–Crippen LogP) is 1.48. The van der Waals surface area contributed by atoms with Crippen LogP contribution in [-0.4, -0.2) is 53.3 Å². The molecule has 2 aromatic rings. The third kappa shape index (κ3) is 3.34. The fraction of sp³-hybridized carbons (Fsp3) is 0.467. The van der Waals surface area contributed by atoms with Gasteiger partial charge in [0.25, 0.3) is 0 Å². The van der Waals surface area contributed by atoms with Crippen molar-refractivity contribution in [3.05, 3.63) is 22.7 Å². The molecule has 25 heavy (non-hydrogen) atoms. The first-order valence-electron chi connectivity index (χ1n) is 7.65. The first kappa shape index (κ1) is 18.1. The number of carboxylic acid groups (broad SMARTS) is 1. The Labute approximate surface area is 148 Å². The van der Waals surface area contributed by atoms with Gasteiger partial charge in [0.05, 0.1) is 27.5 Å². The van der Waals surface area contributed by atoms with Crippen LogP contribution in [0.4, 0.5) is 0 Å². The minimum Gasteiger partial charge on any atom is -0.481 e. The van der Waals surface area contributed by atoms with Gasteiger partial charge in [0.15, 0.2) is 5.76 Å². The van der Waals surface area contributed by atoms with Crippen LogP contribution in [0.2, 0.25) is 0 Å².